The van der Waals surface area contributed by atoms with Gasteiger partial charge >= 0.3 is 0 Å². The normalized spacial score (nSPS) is 16.2. The highest BCUT2D eigenvalue weighted by molar-refractivity contribution is 5.97. The molecular weight excluding hydrogens is 240 g/mol. The van der Waals surface area contributed by atoms with Gasteiger partial charge < -0.3 is 9.64 Å². The Labute approximate surface area is 114 Å². The van der Waals surface area contributed by atoms with Gasteiger partial charge in [-0.05, 0) is 12.1 Å². The van der Waals surface area contributed by atoms with E-state index >= 15 is 0 Å². The van der Waals surface area contributed by atoms with Gasteiger partial charge in [0.1, 0.15) is 5.75 Å². The second-order valence-corrected chi connectivity index (χ2v) is 4.58. The van der Waals surface area contributed by atoms with Crippen molar-refractivity contribution in [1.82, 2.24) is 9.80 Å². The summed E-state index contributed by atoms with van der Waals surface area (Å²) < 4.78 is 5.25. The van der Waals surface area contributed by atoms with Crippen molar-refractivity contribution in [3.05, 3.63) is 42.5 Å². The van der Waals surface area contributed by atoms with Gasteiger partial charge in [-0.2, -0.15) is 0 Å². The first kappa shape index (κ1) is 13.6. The maximum absolute atomic E-state index is 12.5. The molecule has 1 saturated heterocycles. The molecule has 1 heterocycles. The molecule has 1 amide bonds. The average molecular weight is 260 g/mol. The lowest BCUT2D eigenvalue weighted by Crippen LogP contribution is -2.48. The van der Waals surface area contributed by atoms with E-state index in [4.69, 9.17) is 4.74 Å². The van der Waals surface area contributed by atoms with Crippen molar-refractivity contribution in [3.63, 3.8) is 0 Å². The number of nitrogens with zero attached hydrogens (tertiary/aromatic N) is 2. The lowest BCUT2D eigenvalue weighted by molar-refractivity contribution is 0.0647. The van der Waals surface area contributed by atoms with Gasteiger partial charge in [0.15, 0.2) is 0 Å². The zero-order valence-corrected chi connectivity index (χ0v) is 11.3. The highest BCUT2D eigenvalue weighted by Gasteiger charge is 2.23. The number of rotatable bonds is 4. The second-order valence-electron chi connectivity index (χ2n) is 4.58. The standard InChI is InChI=1S/C15H20N2O2/c1-3-8-16-9-11-17(12-10-16)15(18)13-6-4-5-7-14(13)19-2/h3-7H,1,8-12H2,2H3. The summed E-state index contributed by atoms with van der Waals surface area (Å²) in [6.07, 6.45) is 1.90. The molecule has 19 heavy (non-hydrogen) atoms. The van der Waals surface area contributed by atoms with Gasteiger partial charge in [0.05, 0.1) is 12.7 Å². The number of benzene rings is 1. The van der Waals surface area contributed by atoms with Crippen LogP contribution >= 0.6 is 0 Å². The van der Waals surface area contributed by atoms with Crippen molar-refractivity contribution in [1.29, 1.82) is 0 Å². The number of piperazine rings is 1. The summed E-state index contributed by atoms with van der Waals surface area (Å²) in [7, 11) is 1.59. The first-order valence-electron chi connectivity index (χ1n) is 6.52. The van der Waals surface area contributed by atoms with Gasteiger partial charge in [0.2, 0.25) is 0 Å². The SMILES string of the molecule is C=CCN1CCN(C(=O)c2ccccc2OC)CC1. The van der Waals surface area contributed by atoms with E-state index in [1.54, 1.807) is 7.11 Å². The van der Waals surface area contributed by atoms with E-state index in [1.165, 1.54) is 0 Å². The van der Waals surface area contributed by atoms with Crippen LogP contribution in [0.3, 0.4) is 0 Å². The number of carbonyl (C=O) groups is 1. The highest BCUT2D eigenvalue weighted by atomic mass is 16.5. The topological polar surface area (TPSA) is 32.8 Å². The average Bonchev–Trinajstić information content (AvgIpc) is 2.47. The lowest BCUT2D eigenvalue weighted by Gasteiger charge is -2.34. The summed E-state index contributed by atoms with van der Waals surface area (Å²) in [5.41, 5.74) is 0.641. The fraction of sp³-hybridized carbons (Fsp3) is 0.400. The molecule has 1 aromatic rings. The number of hydrogen-bond donors (Lipinski definition) is 0. The molecule has 0 radical (unpaired) electrons. The van der Waals surface area contributed by atoms with Gasteiger partial charge in [-0.3, -0.25) is 9.69 Å². The third-order valence-corrected chi connectivity index (χ3v) is 3.38. The monoisotopic (exact) mass is 260 g/mol. The number of ether oxygens (including phenoxy) is 1. The predicted octanol–water partition coefficient (Wildman–Crippen LogP) is 1.64. The Morgan fingerprint density at radius 2 is 2.00 bits per heavy atom. The van der Waals surface area contributed by atoms with E-state index in [-0.39, 0.29) is 5.91 Å². The van der Waals surface area contributed by atoms with Crippen LogP contribution < -0.4 is 4.74 Å². The fourth-order valence-electron chi connectivity index (χ4n) is 2.31. The number of hydrogen-bond acceptors (Lipinski definition) is 3. The minimum Gasteiger partial charge on any atom is -0.496 e. The van der Waals surface area contributed by atoms with Crippen LogP contribution in [-0.2, 0) is 0 Å². The first-order chi connectivity index (χ1) is 9.26. The smallest absolute Gasteiger partial charge is 0.257 e. The summed E-state index contributed by atoms with van der Waals surface area (Å²) >= 11 is 0. The molecule has 0 unspecified atom stereocenters. The Kier molecular flexibility index (Phi) is 4.58. The molecule has 1 fully saturated rings. The molecule has 0 atom stereocenters. The van der Waals surface area contributed by atoms with Crippen LogP contribution in [0.4, 0.5) is 0 Å². The van der Waals surface area contributed by atoms with Crippen LogP contribution in [0, 0.1) is 0 Å². The Morgan fingerprint density at radius 3 is 2.63 bits per heavy atom. The van der Waals surface area contributed by atoms with E-state index in [1.807, 2.05) is 35.2 Å². The van der Waals surface area contributed by atoms with Crippen molar-refractivity contribution in [3.8, 4) is 5.75 Å². The summed E-state index contributed by atoms with van der Waals surface area (Å²) in [5, 5.41) is 0. The summed E-state index contributed by atoms with van der Waals surface area (Å²) in [5.74, 6) is 0.691. The molecule has 0 spiro atoms. The second kappa shape index (κ2) is 6.38. The molecule has 2 rings (SSSR count). The molecule has 0 aliphatic carbocycles. The van der Waals surface area contributed by atoms with Gasteiger partial charge in [-0.1, -0.05) is 18.2 Å². The molecule has 1 aliphatic rings. The van der Waals surface area contributed by atoms with Crippen molar-refractivity contribution < 1.29 is 9.53 Å². The van der Waals surface area contributed by atoms with Crippen molar-refractivity contribution >= 4 is 5.91 Å². The van der Waals surface area contributed by atoms with Gasteiger partial charge in [0.25, 0.3) is 5.91 Å². The Hall–Kier alpha value is -1.81. The Bertz CT molecular complexity index is 451. The zero-order valence-electron chi connectivity index (χ0n) is 11.3. The molecule has 4 nitrogen and oxygen atoms in total. The van der Waals surface area contributed by atoms with Crippen molar-refractivity contribution in [2.45, 2.75) is 0 Å². The largest absolute Gasteiger partial charge is 0.496 e. The summed E-state index contributed by atoms with van der Waals surface area (Å²) in [4.78, 5) is 16.6. The summed E-state index contributed by atoms with van der Waals surface area (Å²) in [6.45, 7) is 7.93. The molecule has 4 heteroatoms. The molecule has 0 aromatic heterocycles. The lowest BCUT2D eigenvalue weighted by atomic mass is 10.1. The maximum atomic E-state index is 12.5. The van der Waals surface area contributed by atoms with E-state index in [9.17, 15) is 4.79 Å². The molecular formula is C15H20N2O2. The minimum absolute atomic E-state index is 0.0516. The highest BCUT2D eigenvalue weighted by Crippen LogP contribution is 2.20. The van der Waals surface area contributed by atoms with Gasteiger partial charge in [-0.25, -0.2) is 0 Å². The van der Waals surface area contributed by atoms with Crippen molar-refractivity contribution in [2.24, 2.45) is 0 Å². The van der Waals surface area contributed by atoms with Gasteiger partial charge in [0, 0.05) is 32.7 Å². The van der Waals surface area contributed by atoms with Crippen LogP contribution in [0.1, 0.15) is 10.4 Å². The minimum atomic E-state index is 0.0516. The third-order valence-electron chi connectivity index (χ3n) is 3.38. The first-order valence-corrected chi connectivity index (χ1v) is 6.52. The number of amides is 1. The molecule has 0 N–H and O–H groups in total. The van der Waals surface area contributed by atoms with E-state index in [0.29, 0.717) is 11.3 Å². The number of para-hydroxylation sites is 1. The van der Waals surface area contributed by atoms with Crippen molar-refractivity contribution in [2.75, 3.05) is 39.8 Å². The Morgan fingerprint density at radius 1 is 1.32 bits per heavy atom. The molecule has 0 bridgehead atoms. The predicted molar refractivity (Wildman–Crippen MR) is 75.5 cm³/mol. The number of carbonyl (C=O) groups excluding carboxylic acids is 1. The molecule has 0 saturated carbocycles. The quantitative estimate of drug-likeness (QED) is 0.772. The Balaban J connectivity index is 2.03. The maximum Gasteiger partial charge on any atom is 0.257 e. The molecule has 1 aliphatic heterocycles. The van der Waals surface area contributed by atoms with Crippen LogP contribution in [0.2, 0.25) is 0 Å². The van der Waals surface area contributed by atoms with E-state index < -0.39 is 0 Å². The van der Waals surface area contributed by atoms with Crippen LogP contribution in [0.25, 0.3) is 0 Å². The van der Waals surface area contributed by atoms with Gasteiger partial charge in [-0.15, -0.1) is 6.58 Å². The summed E-state index contributed by atoms with van der Waals surface area (Å²) in [6, 6.07) is 7.37. The van der Waals surface area contributed by atoms with Crippen LogP contribution in [0.15, 0.2) is 36.9 Å². The van der Waals surface area contributed by atoms with Crippen LogP contribution in [-0.4, -0.2) is 55.5 Å². The number of methoxy groups -OCH3 is 1. The third kappa shape index (κ3) is 3.15. The van der Waals surface area contributed by atoms with E-state index in [2.05, 4.69) is 11.5 Å². The van der Waals surface area contributed by atoms with E-state index in [0.717, 1.165) is 32.7 Å². The zero-order chi connectivity index (χ0) is 13.7. The fourth-order valence-corrected chi connectivity index (χ4v) is 2.31. The van der Waals surface area contributed by atoms with Crippen LogP contribution in [0.5, 0.6) is 5.75 Å². The molecule has 102 valence electrons. The molecule has 1 aromatic carbocycles.